The maximum Gasteiger partial charge on any atom is 0.573 e. The van der Waals surface area contributed by atoms with Crippen LogP contribution in [-0.2, 0) is 6.54 Å². The van der Waals surface area contributed by atoms with E-state index < -0.39 is 12.5 Å². The molecule has 1 fully saturated rings. The van der Waals surface area contributed by atoms with Crippen molar-refractivity contribution in [3.8, 4) is 5.75 Å². The smallest absolute Gasteiger partial charge is 0.465 e. The number of carboxylic acid groups (broad SMARTS) is 1. The fraction of sp³-hybridized carbons (Fsp3) is 0.462. The quantitative estimate of drug-likeness (QED) is 0.833. The molecule has 0 bridgehead atoms. The third-order valence-electron chi connectivity index (χ3n) is 3.35. The molecule has 2 rings (SSSR count). The summed E-state index contributed by atoms with van der Waals surface area (Å²) in [6.07, 6.45) is -5.77. The van der Waals surface area contributed by atoms with Gasteiger partial charge in [-0.3, -0.25) is 4.90 Å². The molecule has 122 valence electrons. The molecule has 1 saturated heterocycles. The number of ether oxygens (including phenoxy) is 1. The van der Waals surface area contributed by atoms with E-state index in [0.29, 0.717) is 37.4 Å². The fourth-order valence-electron chi connectivity index (χ4n) is 2.29. The normalized spacial score (nSPS) is 16.6. The average Bonchev–Trinajstić information content (AvgIpc) is 2.41. The van der Waals surface area contributed by atoms with Crippen molar-refractivity contribution in [1.82, 2.24) is 9.80 Å². The predicted octanol–water partition coefficient (Wildman–Crippen LogP) is 1.96. The van der Waals surface area contributed by atoms with Gasteiger partial charge in [0.15, 0.2) is 0 Å². The maximum atomic E-state index is 12.4. The first-order valence-electron chi connectivity index (χ1n) is 6.59. The Morgan fingerprint density at radius 2 is 1.91 bits per heavy atom. The first-order valence-corrected chi connectivity index (χ1v) is 6.59. The minimum Gasteiger partial charge on any atom is -0.465 e. The summed E-state index contributed by atoms with van der Waals surface area (Å²) < 4.78 is 41.2. The summed E-state index contributed by atoms with van der Waals surface area (Å²) in [4.78, 5) is 13.9. The second-order valence-corrected chi connectivity index (χ2v) is 4.96. The van der Waals surface area contributed by atoms with E-state index in [1.165, 1.54) is 23.1 Å². The molecule has 9 heteroatoms. The standard InChI is InChI=1S/C13H16F3N3O3/c14-13(15,16)22-11-2-1-10(17)7-9(11)8-18-3-5-19(6-4-18)12(20)21/h1-2,7H,3-6,8,17H2,(H,20,21). The molecule has 0 aliphatic carbocycles. The molecule has 1 aliphatic heterocycles. The van der Waals surface area contributed by atoms with Crippen molar-refractivity contribution in [2.24, 2.45) is 0 Å². The molecule has 0 radical (unpaired) electrons. The van der Waals surface area contributed by atoms with E-state index in [2.05, 4.69) is 4.74 Å². The minimum absolute atomic E-state index is 0.212. The molecule has 0 saturated carbocycles. The summed E-state index contributed by atoms with van der Waals surface area (Å²) in [6, 6.07) is 3.96. The third kappa shape index (κ3) is 4.42. The first kappa shape index (κ1) is 16.2. The van der Waals surface area contributed by atoms with Crippen LogP contribution in [0.4, 0.5) is 23.7 Å². The Morgan fingerprint density at radius 3 is 2.45 bits per heavy atom. The van der Waals surface area contributed by atoms with Crippen molar-refractivity contribution in [2.45, 2.75) is 12.9 Å². The van der Waals surface area contributed by atoms with Gasteiger partial charge in [-0.05, 0) is 18.2 Å². The van der Waals surface area contributed by atoms with E-state index in [-0.39, 0.29) is 12.3 Å². The van der Waals surface area contributed by atoms with Crippen LogP contribution in [0, 0.1) is 0 Å². The van der Waals surface area contributed by atoms with Crippen molar-refractivity contribution < 1.29 is 27.8 Å². The van der Waals surface area contributed by atoms with E-state index in [1.807, 2.05) is 4.90 Å². The number of hydrogen-bond acceptors (Lipinski definition) is 4. The zero-order valence-electron chi connectivity index (χ0n) is 11.6. The van der Waals surface area contributed by atoms with E-state index in [9.17, 15) is 18.0 Å². The van der Waals surface area contributed by atoms with Crippen molar-refractivity contribution in [2.75, 3.05) is 31.9 Å². The van der Waals surface area contributed by atoms with Crippen molar-refractivity contribution >= 4 is 11.8 Å². The highest BCUT2D eigenvalue weighted by atomic mass is 19.4. The van der Waals surface area contributed by atoms with Crippen LogP contribution in [0.3, 0.4) is 0 Å². The van der Waals surface area contributed by atoms with Gasteiger partial charge in [-0.15, -0.1) is 13.2 Å². The molecular weight excluding hydrogens is 303 g/mol. The van der Waals surface area contributed by atoms with Crippen LogP contribution in [0.15, 0.2) is 18.2 Å². The SMILES string of the molecule is Nc1ccc(OC(F)(F)F)c(CN2CCN(C(=O)O)CC2)c1. The predicted molar refractivity (Wildman–Crippen MR) is 72.4 cm³/mol. The molecule has 1 aliphatic rings. The first-order chi connectivity index (χ1) is 10.2. The van der Waals surface area contributed by atoms with Gasteiger partial charge in [-0.2, -0.15) is 0 Å². The lowest BCUT2D eigenvalue weighted by Gasteiger charge is -2.33. The van der Waals surface area contributed by atoms with E-state index in [1.54, 1.807) is 0 Å². The zero-order valence-corrected chi connectivity index (χ0v) is 11.6. The van der Waals surface area contributed by atoms with Crippen molar-refractivity contribution in [3.05, 3.63) is 23.8 Å². The van der Waals surface area contributed by atoms with Crippen LogP contribution in [0.1, 0.15) is 5.56 Å². The van der Waals surface area contributed by atoms with Gasteiger partial charge >= 0.3 is 12.5 Å². The van der Waals surface area contributed by atoms with Gasteiger partial charge in [0, 0.05) is 44.0 Å². The number of nitrogen functional groups attached to an aromatic ring is 1. The topological polar surface area (TPSA) is 79.0 Å². The summed E-state index contributed by atoms with van der Waals surface area (Å²) in [5, 5.41) is 8.87. The van der Waals surface area contributed by atoms with E-state index in [4.69, 9.17) is 10.8 Å². The second kappa shape index (κ2) is 6.30. The third-order valence-corrected chi connectivity index (χ3v) is 3.35. The zero-order chi connectivity index (χ0) is 16.3. The van der Waals surface area contributed by atoms with Crippen LogP contribution < -0.4 is 10.5 Å². The van der Waals surface area contributed by atoms with Crippen LogP contribution >= 0.6 is 0 Å². The molecular formula is C13H16F3N3O3. The molecule has 1 aromatic rings. The Hall–Kier alpha value is -2.16. The summed E-state index contributed by atoms with van der Waals surface area (Å²) in [5.74, 6) is -0.289. The molecule has 1 aromatic carbocycles. The summed E-state index contributed by atoms with van der Waals surface area (Å²) in [5.41, 5.74) is 6.28. The van der Waals surface area contributed by atoms with Crippen LogP contribution in [-0.4, -0.2) is 53.5 Å². The molecule has 3 N–H and O–H groups in total. The van der Waals surface area contributed by atoms with Gasteiger partial charge in [0.05, 0.1) is 0 Å². The van der Waals surface area contributed by atoms with Crippen LogP contribution in [0.5, 0.6) is 5.75 Å². The number of halogens is 3. The number of amides is 1. The number of hydrogen-bond donors (Lipinski definition) is 2. The number of carbonyl (C=O) groups is 1. The van der Waals surface area contributed by atoms with Gasteiger partial charge in [0.2, 0.25) is 0 Å². The highest BCUT2D eigenvalue weighted by Gasteiger charge is 2.32. The Morgan fingerprint density at radius 1 is 1.27 bits per heavy atom. The molecule has 22 heavy (non-hydrogen) atoms. The molecule has 6 nitrogen and oxygen atoms in total. The Balaban J connectivity index is 2.06. The fourth-order valence-corrected chi connectivity index (χ4v) is 2.29. The number of piperazine rings is 1. The largest absolute Gasteiger partial charge is 0.573 e. The van der Waals surface area contributed by atoms with E-state index >= 15 is 0 Å². The number of anilines is 1. The van der Waals surface area contributed by atoms with Crippen molar-refractivity contribution in [3.63, 3.8) is 0 Å². The van der Waals surface area contributed by atoms with Gasteiger partial charge in [-0.1, -0.05) is 0 Å². The average molecular weight is 319 g/mol. The lowest BCUT2D eigenvalue weighted by atomic mass is 10.1. The monoisotopic (exact) mass is 319 g/mol. The molecule has 0 spiro atoms. The molecule has 0 unspecified atom stereocenters. The lowest BCUT2D eigenvalue weighted by Crippen LogP contribution is -2.47. The van der Waals surface area contributed by atoms with Gasteiger partial charge in [-0.25, -0.2) is 4.79 Å². The summed E-state index contributed by atoms with van der Waals surface area (Å²) in [7, 11) is 0. The van der Waals surface area contributed by atoms with Crippen LogP contribution in [0.2, 0.25) is 0 Å². The highest BCUT2D eigenvalue weighted by Crippen LogP contribution is 2.29. The van der Waals surface area contributed by atoms with Gasteiger partial charge < -0.3 is 20.5 Å². The summed E-state index contributed by atoms with van der Waals surface area (Å²) >= 11 is 0. The molecule has 1 amide bonds. The highest BCUT2D eigenvalue weighted by molar-refractivity contribution is 5.65. The second-order valence-electron chi connectivity index (χ2n) is 4.96. The molecule has 0 aromatic heterocycles. The number of nitrogens with zero attached hydrogens (tertiary/aromatic N) is 2. The van der Waals surface area contributed by atoms with Gasteiger partial charge in [0.25, 0.3) is 0 Å². The Labute approximate surface area is 124 Å². The Kier molecular flexibility index (Phi) is 4.65. The van der Waals surface area contributed by atoms with Crippen molar-refractivity contribution in [1.29, 1.82) is 0 Å². The molecule has 1 heterocycles. The summed E-state index contributed by atoms with van der Waals surface area (Å²) in [6.45, 7) is 1.71. The number of nitrogens with two attached hydrogens (primary N) is 1. The maximum absolute atomic E-state index is 12.4. The number of alkyl halides is 3. The number of benzene rings is 1. The Bertz CT molecular complexity index is 543. The van der Waals surface area contributed by atoms with Gasteiger partial charge in [0.1, 0.15) is 5.75 Å². The minimum atomic E-state index is -4.77. The number of rotatable bonds is 3. The lowest BCUT2D eigenvalue weighted by molar-refractivity contribution is -0.275. The molecule has 0 atom stereocenters. The van der Waals surface area contributed by atoms with E-state index in [0.717, 1.165) is 0 Å². The van der Waals surface area contributed by atoms with Crippen LogP contribution in [0.25, 0.3) is 0 Å².